The molecule has 3 aromatic heterocycles. The van der Waals surface area contributed by atoms with Crippen LogP contribution in [0.2, 0.25) is 0 Å². The van der Waals surface area contributed by atoms with E-state index in [0.29, 0.717) is 42.1 Å². The highest BCUT2D eigenvalue weighted by Crippen LogP contribution is 2.57. The SMILES string of the molecule is Cc1ncsc1-c1ccc([C@H](C)NC(=O)[C@@H]2C[C@@H](OP(=O)(OC(C)(C)C)OC(C)(C)C)CN2C(=O)[C@@H](c2cc(OCCN3CCC(N4CCN5c6cc(-c7ccccc7O)nnc6N(C(=O)OC(NC(=O)[C@H](C)NC(=O)[C@@H](N)C(C)C)c6ccccc6)[C@@H](C)[C@@H]5C4)CC3)no2)C(C)C)cc1. The van der Waals surface area contributed by atoms with Gasteiger partial charge in [0.25, 0.3) is 5.88 Å². The Labute approximate surface area is 589 Å². The van der Waals surface area contributed by atoms with Crippen LogP contribution < -0.4 is 36.2 Å². The second-order valence-corrected chi connectivity index (χ2v) is 31.5. The Morgan fingerprint density at radius 2 is 1.48 bits per heavy atom. The van der Waals surface area contributed by atoms with Crippen molar-refractivity contribution in [1.29, 1.82) is 0 Å². The Kier molecular flexibility index (Phi) is 23.6. The van der Waals surface area contributed by atoms with Crippen LogP contribution in [0.1, 0.15) is 150 Å². The van der Waals surface area contributed by atoms with Crippen molar-refractivity contribution in [2.24, 2.45) is 17.6 Å². The number of phosphoric ester groups is 1. The van der Waals surface area contributed by atoms with Gasteiger partial charge in [0, 0.05) is 62.4 Å². The van der Waals surface area contributed by atoms with Crippen LogP contribution in [0.3, 0.4) is 0 Å². The number of phenolic OH excluding ortho intramolecular Hbond substituents is 1. The fraction of sp³-hybridized carbons (Fsp3) is 0.542. The Bertz CT molecular complexity index is 3850. The van der Waals surface area contributed by atoms with E-state index in [1.54, 1.807) is 107 Å². The quantitative estimate of drug-likeness (QED) is 0.0278. The van der Waals surface area contributed by atoms with E-state index in [4.69, 9.17) is 33.3 Å². The van der Waals surface area contributed by atoms with Gasteiger partial charge in [-0.15, -0.1) is 21.5 Å². The van der Waals surface area contributed by atoms with Gasteiger partial charge in [-0.05, 0) is 141 Å². The molecule has 26 nitrogen and oxygen atoms in total. The summed E-state index contributed by atoms with van der Waals surface area (Å²) in [6, 6.07) is 23.3. The third kappa shape index (κ3) is 18.1. The zero-order valence-electron chi connectivity index (χ0n) is 59.7. The van der Waals surface area contributed by atoms with Crippen LogP contribution in [0.15, 0.2) is 101 Å². The van der Waals surface area contributed by atoms with Gasteiger partial charge in [-0.25, -0.2) is 14.3 Å². The largest absolute Gasteiger partial charge is 0.507 e. The summed E-state index contributed by atoms with van der Waals surface area (Å²) in [6.07, 6.45) is -1.21. The molecule has 5 amide bonds. The molecule has 28 heteroatoms. The number of aromatic nitrogens is 4. The summed E-state index contributed by atoms with van der Waals surface area (Å²) in [5.41, 5.74) is 10.9. The number of nitrogens with two attached hydrogens (primary N) is 1. The number of piperidine rings is 1. The van der Waals surface area contributed by atoms with E-state index in [9.17, 15) is 28.8 Å². The van der Waals surface area contributed by atoms with Gasteiger partial charge in [0.1, 0.15) is 30.4 Å². The van der Waals surface area contributed by atoms with Crippen LogP contribution in [-0.4, -0.2) is 176 Å². The van der Waals surface area contributed by atoms with Gasteiger partial charge in [0.2, 0.25) is 29.9 Å². The maximum atomic E-state index is 15.2. The molecule has 0 aliphatic carbocycles. The molecule has 6 aromatic rings. The lowest BCUT2D eigenvalue weighted by molar-refractivity contribution is -0.141. The molecular weight excluding hydrogens is 1320 g/mol. The molecule has 6 N–H and O–H groups in total. The molecule has 1 unspecified atom stereocenters. The molecule has 100 heavy (non-hydrogen) atoms. The summed E-state index contributed by atoms with van der Waals surface area (Å²) >= 11 is 1.56. The Morgan fingerprint density at radius 3 is 2.12 bits per heavy atom. The summed E-state index contributed by atoms with van der Waals surface area (Å²) in [7, 11) is -4.28. The normalized spacial score (nSPS) is 20.3. The third-order valence-electron chi connectivity index (χ3n) is 18.6. The van der Waals surface area contributed by atoms with E-state index in [1.165, 1.54) is 16.7 Å². The Balaban J connectivity index is 0.787. The summed E-state index contributed by atoms with van der Waals surface area (Å²) in [6.45, 7) is 29.5. The molecule has 0 radical (unpaired) electrons. The van der Waals surface area contributed by atoms with Crippen molar-refractivity contribution in [2.45, 2.75) is 188 Å². The first-order chi connectivity index (χ1) is 47.3. The Hall–Kier alpha value is -7.88. The maximum Gasteiger partial charge on any atom is 0.476 e. The number of nitrogens with one attached hydrogen (secondary N) is 3. The molecule has 3 aromatic carbocycles. The molecule has 4 aliphatic rings. The first-order valence-electron chi connectivity index (χ1n) is 34.5. The van der Waals surface area contributed by atoms with E-state index >= 15 is 4.79 Å². The number of hydrogen-bond acceptors (Lipinski definition) is 22. The van der Waals surface area contributed by atoms with Crippen molar-refractivity contribution < 1.29 is 61.2 Å². The molecule has 0 saturated carbocycles. The molecule has 0 bridgehead atoms. The highest BCUT2D eigenvalue weighted by atomic mass is 32.1. The number of rotatable bonds is 24. The lowest BCUT2D eigenvalue weighted by atomic mass is 9.91. The average molecular weight is 1420 g/mol. The first-order valence-corrected chi connectivity index (χ1v) is 36.9. The van der Waals surface area contributed by atoms with Gasteiger partial charge < -0.3 is 50.6 Å². The van der Waals surface area contributed by atoms with Crippen LogP contribution in [0.5, 0.6) is 11.6 Å². The van der Waals surface area contributed by atoms with E-state index in [0.717, 1.165) is 54.2 Å². The van der Waals surface area contributed by atoms with Crippen LogP contribution in [0.25, 0.3) is 21.7 Å². The number of carbonyl (C=O) groups excluding carboxylic acids is 5. The number of piperazine rings is 1. The number of ether oxygens (including phenoxy) is 2. The number of carbonyl (C=O) groups is 5. The van der Waals surface area contributed by atoms with Crippen LogP contribution in [0, 0.1) is 18.8 Å². The minimum Gasteiger partial charge on any atom is -0.507 e. The molecule has 3 saturated heterocycles. The molecule has 4 aliphatic heterocycles. The Morgan fingerprint density at radius 1 is 0.800 bits per heavy atom. The van der Waals surface area contributed by atoms with Crippen LogP contribution >= 0.6 is 19.2 Å². The first kappa shape index (κ1) is 74.8. The number of fused-ring (bicyclic) bond motifs is 3. The fourth-order valence-corrected chi connectivity index (χ4v) is 16.1. The molecule has 3 fully saturated rings. The number of hydrogen-bond donors (Lipinski definition) is 5. The number of anilines is 2. The number of phosphoric acid groups is 1. The monoisotopic (exact) mass is 1420 g/mol. The van der Waals surface area contributed by atoms with E-state index in [2.05, 4.69) is 51.0 Å². The van der Waals surface area contributed by atoms with Gasteiger partial charge in [-0.3, -0.25) is 47.4 Å². The van der Waals surface area contributed by atoms with Crippen molar-refractivity contribution in [2.75, 3.05) is 62.2 Å². The van der Waals surface area contributed by atoms with Crippen molar-refractivity contribution >= 4 is 60.4 Å². The molecular formula is C72H98N13O13PS. The topological polar surface area (TPSA) is 312 Å². The lowest BCUT2D eigenvalue weighted by Gasteiger charge is -2.53. The molecule has 540 valence electrons. The summed E-state index contributed by atoms with van der Waals surface area (Å²) in [5, 5.41) is 33.0. The van der Waals surface area contributed by atoms with Gasteiger partial charge in [-0.2, -0.15) is 0 Å². The fourth-order valence-electron chi connectivity index (χ4n) is 13.3. The van der Waals surface area contributed by atoms with E-state index in [1.807, 2.05) is 90.4 Å². The highest BCUT2D eigenvalue weighted by Gasteiger charge is 2.50. The zero-order chi connectivity index (χ0) is 72.1. The zero-order valence-corrected chi connectivity index (χ0v) is 61.5. The number of aryl methyl sites for hydroxylation is 1. The smallest absolute Gasteiger partial charge is 0.476 e. The standard InChI is InChI=1S/C72H98N13O13PS/c1-42(2)61(69(90)84-39-52(96-99(92,97-71(9,10)11)98-72(12,13)14)36-56(84)66(88)75-44(5)48-24-26-49(27-25-48)63-45(6)74-41-100-63)59-38-60(80-95-59)93-35-34-81-30-28-51(29-31-81)82-32-33-83-55-37-54(53-22-18-19-23-58(53)86)78-79-64(55)85(47(8)57(83)40-82)70(91)94-68(50-20-16-15-17-21-50)77-65(87)46(7)76-67(89)62(73)43(3)4/h15-27,37-38,41-44,46-47,51-52,56-57,61-62,68,86H,28-36,39-40,73H2,1-14H3,(H,75,88)(H,76,89)(H,77,87)/t44-,46-,47-,52+,56-,57-,61+,62-,68?/m0/s1. The predicted octanol–water partition coefficient (Wildman–Crippen LogP) is 10.3. The van der Waals surface area contributed by atoms with Crippen LogP contribution in [-0.2, 0) is 42.1 Å². The number of benzene rings is 3. The summed E-state index contributed by atoms with van der Waals surface area (Å²) in [4.78, 5) is 86.9. The van der Waals surface area contributed by atoms with Crippen molar-refractivity contribution in [1.82, 2.24) is 51.0 Å². The second kappa shape index (κ2) is 31.6. The van der Waals surface area contributed by atoms with Crippen molar-refractivity contribution in [3.05, 3.63) is 119 Å². The van der Waals surface area contributed by atoms with Gasteiger partial charge in [0.05, 0.1) is 68.9 Å². The number of nitrogens with zero attached hydrogens (tertiary/aromatic N) is 9. The average Bonchev–Trinajstić information content (AvgIpc) is 0.939. The predicted molar refractivity (Wildman–Crippen MR) is 380 cm³/mol. The number of para-hydroxylation sites is 1. The number of phenols is 1. The second-order valence-electron chi connectivity index (χ2n) is 29.2. The van der Waals surface area contributed by atoms with E-state index in [-0.39, 0.29) is 66.7 Å². The van der Waals surface area contributed by atoms with Gasteiger partial charge in [-0.1, -0.05) is 94.4 Å². The van der Waals surface area contributed by atoms with Gasteiger partial charge >= 0.3 is 13.9 Å². The molecule has 0 spiro atoms. The van der Waals surface area contributed by atoms with Crippen molar-refractivity contribution in [3.63, 3.8) is 0 Å². The molecule has 7 heterocycles. The lowest BCUT2D eigenvalue weighted by Crippen LogP contribution is -2.66. The summed E-state index contributed by atoms with van der Waals surface area (Å²) < 4.78 is 51.2. The minimum absolute atomic E-state index is 0.00928. The number of amides is 5. The van der Waals surface area contributed by atoms with Gasteiger partial charge in [0.15, 0.2) is 11.6 Å². The minimum atomic E-state index is -4.28. The molecule has 10 rings (SSSR count). The molecule has 9 atom stereocenters. The third-order valence-corrected chi connectivity index (χ3v) is 21.7. The number of likely N-dealkylation sites (tertiary alicyclic amines) is 2. The maximum absolute atomic E-state index is 15.2. The van der Waals surface area contributed by atoms with E-state index < -0.39 is 97.2 Å². The number of thiazole rings is 1. The summed E-state index contributed by atoms with van der Waals surface area (Å²) in [5.74, 6) is -2.49. The van der Waals surface area contributed by atoms with Crippen LogP contribution in [0.4, 0.5) is 16.3 Å². The van der Waals surface area contributed by atoms with Crippen molar-refractivity contribution in [3.8, 4) is 33.3 Å². The number of aromatic hydroxyl groups is 1. The highest BCUT2D eigenvalue weighted by molar-refractivity contribution is 7.48.